The zero-order valence-corrected chi connectivity index (χ0v) is 13.9. The molecule has 0 saturated carbocycles. The Morgan fingerprint density at radius 2 is 1.86 bits per heavy atom. The van der Waals surface area contributed by atoms with Crippen molar-refractivity contribution in [3.63, 3.8) is 0 Å². The fourth-order valence-electron chi connectivity index (χ4n) is 1.78. The summed E-state index contributed by atoms with van der Waals surface area (Å²) in [5.74, 6) is 1.74. The van der Waals surface area contributed by atoms with Crippen molar-refractivity contribution in [1.29, 1.82) is 0 Å². The van der Waals surface area contributed by atoms with Crippen LogP contribution in [0.1, 0.15) is 13.8 Å². The second-order valence-electron chi connectivity index (χ2n) is 4.20. The van der Waals surface area contributed by atoms with Crippen molar-refractivity contribution in [2.75, 3.05) is 30.4 Å². The molecule has 112 valence electrons. The van der Waals surface area contributed by atoms with Crippen LogP contribution >= 0.6 is 15.9 Å². The van der Waals surface area contributed by atoms with E-state index in [2.05, 4.69) is 50.0 Å². The highest BCUT2D eigenvalue weighted by Crippen LogP contribution is 2.28. The molecule has 2 rings (SSSR count). The van der Waals surface area contributed by atoms with Gasteiger partial charge in [0.25, 0.3) is 0 Å². The molecular formula is C14H18BrN5O. The molecule has 1 aromatic heterocycles. The number of para-hydroxylation sites is 1. The molecule has 7 heteroatoms. The summed E-state index contributed by atoms with van der Waals surface area (Å²) < 4.78 is 6.60. The van der Waals surface area contributed by atoms with E-state index in [4.69, 9.17) is 4.74 Å². The van der Waals surface area contributed by atoms with Gasteiger partial charge in [0.2, 0.25) is 11.9 Å². The summed E-state index contributed by atoms with van der Waals surface area (Å²) >= 11 is 3.44. The van der Waals surface area contributed by atoms with Crippen LogP contribution in [-0.4, -0.2) is 35.1 Å². The quantitative estimate of drug-likeness (QED) is 0.861. The molecule has 1 heterocycles. The number of anilines is 2. The molecule has 0 unspecified atom stereocenters. The summed E-state index contributed by atoms with van der Waals surface area (Å²) in [5.41, 5.74) is 0. The van der Waals surface area contributed by atoms with Crippen LogP contribution in [0.4, 0.5) is 11.9 Å². The Bertz CT molecular complexity index is 604. The third-order valence-electron chi connectivity index (χ3n) is 2.91. The predicted octanol–water partition coefficient (Wildman–Crippen LogP) is 3.31. The number of nitrogens with one attached hydrogen (secondary N) is 1. The Labute approximate surface area is 132 Å². The number of aromatic nitrogens is 3. The first-order chi connectivity index (χ1) is 10.2. The molecular weight excluding hydrogens is 334 g/mol. The van der Waals surface area contributed by atoms with Crippen molar-refractivity contribution in [2.45, 2.75) is 13.8 Å². The molecule has 0 atom stereocenters. The maximum atomic E-state index is 5.76. The highest BCUT2D eigenvalue weighted by atomic mass is 79.9. The smallest absolute Gasteiger partial charge is 0.328 e. The first-order valence-electron chi connectivity index (χ1n) is 6.79. The number of rotatable bonds is 6. The van der Waals surface area contributed by atoms with E-state index >= 15 is 0 Å². The molecule has 1 N–H and O–H groups in total. The van der Waals surface area contributed by atoms with Gasteiger partial charge in [0.1, 0.15) is 5.75 Å². The van der Waals surface area contributed by atoms with E-state index < -0.39 is 0 Å². The van der Waals surface area contributed by atoms with E-state index in [1.807, 2.05) is 29.2 Å². The molecule has 0 spiro atoms. The van der Waals surface area contributed by atoms with Crippen molar-refractivity contribution < 1.29 is 4.74 Å². The second kappa shape index (κ2) is 7.21. The van der Waals surface area contributed by atoms with Crippen LogP contribution in [0.15, 0.2) is 28.7 Å². The van der Waals surface area contributed by atoms with Gasteiger partial charge in [0.15, 0.2) is 0 Å². The number of nitrogens with zero attached hydrogens (tertiary/aromatic N) is 4. The van der Waals surface area contributed by atoms with Gasteiger partial charge in [-0.1, -0.05) is 12.1 Å². The number of benzene rings is 1. The minimum atomic E-state index is 0.267. The van der Waals surface area contributed by atoms with Crippen LogP contribution in [0.5, 0.6) is 11.8 Å². The zero-order chi connectivity index (χ0) is 15.2. The molecule has 0 aliphatic heterocycles. The summed E-state index contributed by atoms with van der Waals surface area (Å²) in [6, 6.07) is 7.84. The molecule has 6 nitrogen and oxygen atoms in total. The molecule has 0 aliphatic rings. The van der Waals surface area contributed by atoms with E-state index in [0.717, 1.165) is 17.6 Å². The Kier molecular flexibility index (Phi) is 5.32. The van der Waals surface area contributed by atoms with Crippen molar-refractivity contribution in [3.8, 4) is 11.8 Å². The molecule has 0 saturated heterocycles. The topological polar surface area (TPSA) is 63.2 Å². The fraction of sp³-hybridized carbons (Fsp3) is 0.357. The van der Waals surface area contributed by atoms with Crippen molar-refractivity contribution in [3.05, 3.63) is 28.7 Å². The standard InChI is InChI=1S/C14H18BrN5O/c1-4-20(5-2)13-17-12(16-3)18-14(19-13)21-11-9-7-6-8-10(11)15/h6-9H,4-5H2,1-3H3,(H,16,17,18,19). The predicted molar refractivity (Wildman–Crippen MR) is 87.2 cm³/mol. The normalized spacial score (nSPS) is 10.3. The van der Waals surface area contributed by atoms with E-state index in [-0.39, 0.29) is 6.01 Å². The first kappa shape index (κ1) is 15.5. The molecule has 0 amide bonds. The van der Waals surface area contributed by atoms with E-state index in [1.54, 1.807) is 7.05 Å². The van der Waals surface area contributed by atoms with Gasteiger partial charge in [-0.15, -0.1) is 0 Å². The average Bonchev–Trinajstić information content (AvgIpc) is 2.50. The Morgan fingerprint density at radius 1 is 1.14 bits per heavy atom. The minimum Gasteiger partial charge on any atom is -0.423 e. The van der Waals surface area contributed by atoms with Crippen molar-refractivity contribution in [1.82, 2.24) is 15.0 Å². The molecule has 2 aromatic rings. The SMILES string of the molecule is CCN(CC)c1nc(NC)nc(Oc2ccccc2Br)n1. The van der Waals surface area contributed by atoms with Crippen molar-refractivity contribution in [2.24, 2.45) is 0 Å². The van der Waals surface area contributed by atoms with E-state index in [9.17, 15) is 0 Å². The molecule has 1 aromatic carbocycles. The molecule has 0 aliphatic carbocycles. The largest absolute Gasteiger partial charge is 0.423 e. The van der Waals surface area contributed by atoms with E-state index in [1.165, 1.54) is 0 Å². The number of halogens is 1. The van der Waals surface area contributed by atoms with E-state index in [0.29, 0.717) is 17.6 Å². The lowest BCUT2D eigenvalue weighted by Gasteiger charge is -2.19. The highest BCUT2D eigenvalue weighted by molar-refractivity contribution is 9.10. The number of hydrogen-bond acceptors (Lipinski definition) is 6. The summed E-state index contributed by atoms with van der Waals surface area (Å²) in [7, 11) is 1.77. The Hall–Kier alpha value is -1.89. The second-order valence-corrected chi connectivity index (χ2v) is 5.05. The van der Waals surface area contributed by atoms with Gasteiger partial charge in [-0.2, -0.15) is 15.0 Å². The first-order valence-corrected chi connectivity index (χ1v) is 7.58. The Balaban J connectivity index is 2.35. The highest BCUT2D eigenvalue weighted by Gasteiger charge is 2.12. The Morgan fingerprint density at radius 3 is 2.48 bits per heavy atom. The maximum Gasteiger partial charge on any atom is 0.328 e. The lowest BCUT2D eigenvalue weighted by Crippen LogP contribution is -2.25. The third kappa shape index (κ3) is 3.81. The number of hydrogen-bond donors (Lipinski definition) is 1. The van der Waals surface area contributed by atoms with Gasteiger partial charge in [-0.25, -0.2) is 0 Å². The third-order valence-corrected chi connectivity index (χ3v) is 3.57. The summed E-state index contributed by atoms with van der Waals surface area (Å²) in [4.78, 5) is 15.0. The van der Waals surface area contributed by atoms with Crippen LogP contribution in [0, 0.1) is 0 Å². The molecule has 0 fully saturated rings. The van der Waals surface area contributed by atoms with Crippen LogP contribution in [0.25, 0.3) is 0 Å². The number of ether oxygens (including phenoxy) is 1. The van der Waals surface area contributed by atoms with Gasteiger partial charge in [0, 0.05) is 20.1 Å². The fourth-order valence-corrected chi connectivity index (χ4v) is 2.14. The van der Waals surface area contributed by atoms with Crippen LogP contribution in [0.2, 0.25) is 0 Å². The minimum absolute atomic E-state index is 0.267. The van der Waals surface area contributed by atoms with Gasteiger partial charge >= 0.3 is 6.01 Å². The molecule has 0 bridgehead atoms. The lowest BCUT2D eigenvalue weighted by atomic mass is 10.3. The summed E-state index contributed by atoms with van der Waals surface area (Å²) in [5, 5.41) is 2.93. The molecule has 0 radical (unpaired) electrons. The summed E-state index contributed by atoms with van der Waals surface area (Å²) in [6.07, 6.45) is 0. The van der Waals surface area contributed by atoms with Crippen LogP contribution in [0.3, 0.4) is 0 Å². The monoisotopic (exact) mass is 351 g/mol. The van der Waals surface area contributed by atoms with Gasteiger partial charge < -0.3 is 15.0 Å². The van der Waals surface area contributed by atoms with Gasteiger partial charge in [-0.05, 0) is 41.9 Å². The lowest BCUT2D eigenvalue weighted by molar-refractivity contribution is 0.437. The zero-order valence-electron chi connectivity index (χ0n) is 12.3. The van der Waals surface area contributed by atoms with Crippen LogP contribution < -0.4 is 15.0 Å². The van der Waals surface area contributed by atoms with Crippen LogP contribution in [-0.2, 0) is 0 Å². The summed E-state index contributed by atoms with van der Waals surface area (Å²) in [6.45, 7) is 5.75. The van der Waals surface area contributed by atoms with Gasteiger partial charge in [-0.3, -0.25) is 0 Å². The average molecular weight is 352 g/mol. The van der Waals surface area contributed by atoms with Gasteiger partial charge in [0.05, 0.1) is 4.47 Å². The maximum absolute atomic E-state index is 5.76. The van der Waals surface area contributed by atoms with Crippen molar-refractivity contribution >= 4 is 27.8 Å². The molecule has 21 heavy (non-hydrogen) atoms.